The first-order valence-corrected chi connectivity index (χ1v) is 8.32. The molecule has 0 bridgehead atoms. The van der Waals surface area contributed by atoms with Crippen LogP contribution in [0.3, 0.4) is 0 Å². The summed E-state index contributed by atoms with van der Waals surface area (Å²) in [6, 6.07) is 8.59. The Bertz CT molecular complexity index is 650. The Morgan fingerprint density at radius 2 is 1.80 bits per heavy atom. The SMILES string of the molecule is CC(C)(C)OC(=O)NC1CCN(C(=O)Nc2ccc(C#N)cc2)CC1. The lowest BCUT2D eigenvalue weighted by molar-refractivity contribution is 0.0486. The molecule has 2 rings (SSSR count). The standard InChI is InChI=1S/C18H24N4O3/c1-18(2,3)25-17(24)21-15-8-10-22(11-9-15)16(23)20-14-6-4-13(12-19)5-7-14/h4-7,15H,8-11H2,1-3H3,(H,20,23)(H,21,24). The van der Waals surface area contributed by atoms with Gasteiger partial charge in [0.15, 0.2) is 0 Å². The number of carbonyl (C=O) groups is 2. The molecule has 1 heterocycles. The average Bonchev–Trinajstić information content (AvgIpc) is 2.54. The number of nitriles is 1. The number of urea groups is 1. The van der Waals surface area contributed by atoms with Crippen LogP contribution in [0.1, 0.15) is 39.2 Å². The fourth-order valence-electron chi connectivity index (χ4n) is 2.53. The molecule has 7 nitrogen and oxygen atoms in total. The molecule has 1 aliphatic rings. The lowest BCUT2D eigenvalue weighted by Gasteiger charge is -2.32. The summed E-state index contributed by atoms with van der Waals surface area (Å²) in [5.41, 5.74) is 0.677. The maximum atomic E-state index is 12.3. The van der Waals surface area contributed by atoms with E-state index in [1.54, 1.807) is 29.2 Å². The Labute approximate surface area is 147 Å². The number of ether oxygens (including phenoxy) is 1. The van der Waals surface area contributed by atoms with Gasteiger partial charge in [0, 0.05) is 24.8 Å². The second-order valence-electron chi connectivity index (χ2n) is 7.03. The van der Waals surface area contributed by atoms with Crippen LogP contribution in [0.25, 0.3) is 0 Å². The van der Waals surface area contributed by atoms with Crippen LogP contribution < -0.4 is 10.6 Å². The van der Waals surface area contributed by atoms with Crippen LogP contribution in [0.2, 0.25) is 0 Å². The summed E-state index contributed by atoms with van der Waals surface area (Å²) in [5.74, 6) is 0. The second-order valence-corrected chi connectivity index (χ2v) is 7.03. The molecular formula is C18H24N4O3. The van der Waals surface area contributed by atoms with E-state index in [0.29, 0.717) is 37.2 Å². The highest BCUT2D eigenvalue weighted by Gasteiger charge is 2.25. The van der Waals surface area contributed by atoms with E-state index in [9.17, 15) is 9.59 Å². The number of carbonyl (C=O) groups excluding carboxylic acids is 2. The van der Waals surface area contributed by atoms with Crippen molar-refractivity contribution in [1.82, 2.24) is 10.2 Å². The molecule has 0 radical (unpaired) electrons. The van der Waals surface area contributed by atoms with Crippen molar-refractivity contribution >= 4 is 17.8 Å². The Morgan fingerprint density at radius 1 is 1.20 bits per heavy atom. The molecule has 1 saturated heterocycles. The van der Waals surface area contributed by atoms with E-state index < -0.39 is 11.7 Å². The molecule has 0 spiro atoms. The van der Waals surface area contributed by atoms with Crippen molar-refractivity contribution in [2.75, 3.05) is 18.4 Å². The van der Waals surface area contributed by atoms with E-state index in [4.69, 9.17) is 10.00 Å². The van der Waals surface area contributed by atoms with Crippen molar-refractivity contribution in [1.29, 1.82) is 5.26 Å². The molecular weight excluding hydrogens is 320 g/mol. The maximum absolute atomic E-state index is 12.3. The minimum atomic E-state index is -0.522. The van der Waals surface area contributed by atoms with Crippen LogP contribution >= 0.6 is 0 Å². The average molecular weight is 344 g/mol. The third kappa shape index (κ3) is 5.99. The predicted molar refractivity (Wildman–Crippen MR) is 94.1 cm³/mol. The van der Waals surface area contributed by atoms with Gasteiger partial charge in [-0.3, -0.25) is 0 Å². The molecule has 1 aromatic rings. The highest BCUT2D eigenvalue weighted by atomic mass is 16.6. The van der Waals surface area contributed by atoms with Crippen LogP contribution in [-0.2, 0) is 4.74 Å². The zero-order chi connectivity index (χ0) is 18.4. The Hall–Kier alpha value is -2.75. The first-order valence-electron chi connectivity index (χ1n) is 8.32. The molecule has 1 aliphatic heterocycles. The smallest absolute Gasteiger partial charge is 0.407 e. The maximum Gasteiger partial charge on any atom is 0.407 e. The van der Waals surface area contributed by atoms with Crippen LogP contribution in [-0.4, -0.2) is 41.8 Å². The second kappa shape index (κ2) is 7.88. The minimum Gasteiger partial charge on any atom is -0.444 e. The number of hydrogen-bond acceptors (Lipinski definition) is 4. The van der Waals surface area contributed by atoms with Gasteiger partial charge in [0.1, 0.15) is 5.60 Å². The van der Waals surface area contributed by atoms with Crippen molar-refractivity contribution in [2.45, 2.75) is 45.3 Å². The van der Waals surface area contributed by atoms with Gasteiger partial charge in [-0.2, -0.15) is 5.26 Å². The fourth-order valence-corrected chi connectivity index (χ4v) is 2.53. The molecule has 3 amide bonds. The third-order valence-corrected chi connectivity index (χ3v) is 3.77. The predicted octanol–water partition coefficient (Wildman–Crippen LogP) is 3.08. The number of nitrogens with zero attached hydrogens (tertiary/aromatic N) is 2. The van der Waals surface area contributed by atoms with E-state index >= 15 is 0 Å². The molecule has 2 N–H and O–H groups in total. The van der Waals surface area contributed by atoms with Crippen molar-refractivity contribution in [3.8, 4) is 6.07 Å². The fraction of sp³-hybridized carbons (Fsp3) is 0.500. The number of likely N-dealkylation sites (tertiary alicyclic amines) is 1. The van der Waals surface area contributed by atoms with Crippen LogP contribution in [0.15, 0.2) is 24.3 Å². The molecule has 0 aromatic heterocycles. The molecule has 0 saturated carbocycles. The van der Waals surface area contributed by atoms with Gasteiger partial charge in [0.05, 0.1) is 11.6 Å². The van der Waals surface area contributed by atoms with Crippen molar-refractivity contribution in [3.05, 3.63) is 29.8 Å². The largest absolute Gasteiger partial charge is 0.444 e. The van der Waals surface area contributed by atoms with Gasteiger partial charge in [-0.15, -0.1) is 0 Å². The van der Waals surface area contributed by atoms with Crippen LogP contribution in [0, 0.1) is 11.3 Å². The summed E-state index contributed by atoms with van der Waals surface area (Å²) >= 11 is 0. The Balaban J connectivity index is 1.78. The quantitative estimate of drug-likeness (QED) is 0.862. The van der Waals surface area contributed by atoms with Crippen LogP contribution in [0.4, 0.5) is 15.3 Å². The summed E-state index contributed by atoms with van der Waals surface area (Å²) in [5, 5.41) is 14.4. The molecule has 1 fully saturated rings. The Morgan fingerprint density at radius 3 is 2.32 bits per heavy atom. The first-order chi connectivity index (χ1) is 11.8. The number of amides is 3. The van der Waals surface area contributed by atoms with E-state index in [1.807, 2.05) is 26.8 Å². The third-order valence-electron chi connectivity index (χ3n) is 3.77. The lowest BCUT2D eigenvalue weighted by atomic mass is 10.1. The first kappa shape index (κ1) is 18.6. The van der Waals surface area contributed by atoms with E-state index in [1.165, 1.54) is 0 Å². The van der Waals surface area contributed by atoms with E-state index in [2.05, 4.69) is 10.6 Å². The monoisotopic (exact) mass is 344 g/mol. The van der Waals surface area contributed by atoms with Crippen molar-refractivity contribution < 1.29 is 14.3 Å². The zero-order valence-corrected chi connectivity index (χ0v) is 14.8. The molecule has 1 aromatic carbocycles. The molecule has 7 heteroatoms. The van der Waals surface area contributed by atoms with Gasteiger partial charge in [0.25, 0.3) is 0 Å². The number of hydrogen-bond donors (Lipinski definition) is 2. The van der Waals surface area contributed by atoms with E-state index in [-0.39, 0.29) is 12.1 Å². The summed E-state index contributed by atoms with van der Waals surface area (Å²) in [4.78, 5) is 25.8. The Kier molecular flexibility index (Phi) is 5.86. The lowest BCUT2D eigenvalue weighted by Crippen LogP contribution is -2.48. The molecule has 0 atom stereocenters. The molecule has 134 valence electrons. The van der Waals surface area contributed by atoms with Crippen molar-refractivity contribution in [2.24, 2.45) is 0 Å². The number of rotatable bonds is 2. The topological polar surface area (TPSA) is 94.5 Å². The minimum absolute atomic E-state index is 0.00816. The van der Waals surface area contributed by atoms with Crippen molar-refractivity contribution in [3.63, 3.8) is 0 Å². The highest BCUT2D eigenvalue weighted by Crippen LogP contribution is 2.15. The number of benzene rings is 1. The number of piperidine rings is 1. The van der Waals surface area contributed by atoms with Gasteiger partial charge < -0.3 is 20.3 Å². The zero-order valence-electron chi connectivity index (χ0n) is 14.8. The summed E-state index contributed by atoms with van der Waals surface area (Å²) < 4.78 is 5.25. The summed E-state index contributed by atoms with van der Waals surface area (Å²) in [6.45, 7) is 6.58. The number of nitrogens with one attached hydrogen (secondary N) is 2. The van der Waals surface area contributed by atoms with Gasteiger partial charge in [-0.25, -0.2) is 9.59 Å². The highest BCUT2D eigenvalue weighted by molar-refractivity contribution is 5.89. The van der Waals surface area contributed by atoms with Gasteiger partial charge in [-0.05, 0) is 57.9 Å². The van der Waals surface area contributed by atoms with E-state index in [0.717, 1.165) is 0 Å². The summed E-state index contributed by atoms with van der Waals surface area (Å²) in [6.07, 6.45) is 0.938. The van der Waals surface area contributed by atoms with Crippen LogP contribution in [0.5, 0.6) is 0 Å². The normalized spacial score (nSPS) is 15.2. The molecule has 0 unspecified atom stereocenters. The van der Waals surface area contributed by atoms with Gasteiger partial charge in [0.2, 0.25) is 0 Å². The number of alkyl carbamates (subject to hydrolysis) is 1. The number of anilines is 1. The summed E-state index contributed by atoms with van der Waals surface area (Å²) in [7, 11) is 0. The molecule has 0 aliphatic carbocycles. The molecule has 25 heavy (non-hydrogen) atoms. The van der Waals surface area contributed by atoms with Gasteiger partial charge in [-0.1, -0.05) is 0 Å². The van der Waals surface area contributed by atoms with Gasteiger partial charge >= 0.3 is 12.1 Å².